The van der Waals surface area contributed by atoms with Crippen molar-refractivity contribution in [3.05, 3.63) is 97.2 Å². The third-order valence-electron chi connectivity index (χ3n) is 14.5. The summed E-state index contributed by atoms with van der Waals surface area (Å²) >= 11 is 0. The predicted octanol–water partition coefficient (Wildman–Crippen LogP) is 21.1. The highest BCUT2D eigenvalue weighted by atomic mass is 31.2. The van der Waals surface area contributed by atoms with E-state index < -0.39 is 25.9 Å². The topological polar surface area (TPSA) is 111 Å². The molecule has 3 unspecified atom stereocenters. The number of phosphoric ester groups is 1. The summed E-state index contributed by atoms with van der Waals surface area (Å²) in [6.07, 6.45) is 81.5. The zero-order chi connectivity index (χ0) is 59.3. The molecule has 0 aliphatic heterocycles. The number of allylic oxidation sites excluding steroid dienone is 15. The van der Waals surface area contributed by atoms with Gasteiger partial charge in [0.15, 0.2) is 0 Å². The van der Waals surface area contributed by atoms with E-state index in [1.807, 2.05) is 39.4 Å². The molecule has 81 heavy (non-hydrogen) atoms. The van der Waals surface area contributed by atoms with Crippen molar-refractivity contribution in [2.45, 2.75) is 303 Å². The van der Waals surface area contributed by atoms with Crippen LogP contribution in [0.15, 0.2) is 97.2 Å². The molecule has 0 heterocycles. The first-order chi connectivity index (χ1) is 39.4. The second-order valence-electron chi connectivity index (χ2n) is 23.6. The molecule has 0 radical (unpaired) electrons. The van der Waals surface area contributed by atoms with Crippen LogP contribution in [0.3, 0.4) is 0 Å². The van der Waals surface area contributed by atoms with Crippen molar-refractivity contribution in [3.63, 3.8) is 0 Å². The number of hydrogen-bond acceptors (Lipinski definition) is 6. The second-order valence-corrected chi connectivity index (χ2v) is 25.1. The molecule has 0 aliphatic rings. The molecule has 0 spiro atoms. The molecule has 0 saturated carbocycles. The molecule has 0 fully saturated rings. The van der Waals surface area contributed by atoms with Crippen LogP contribution in [-0.2, 0) is 27.9 Å². The maximum absolute atomic E-state index is 13.6. The van der Waals surface area contributed by atoms with E-state index in [1.165, 1.54) is 173 Å². The number of nitrogens with one attached hydrogen (secondary N) is 1. The normalized spacial score (nSPS) is 14.2. The molecule has 9 nitrogen and oxygen atoms in total. The third-order valence-corrected chi connectivity index (χ3v) is 15.5. The van der Waals surface area contributed by atoms with E-state index in [9.17, 15) is 19.0 Å². The summed E-state index contributed by atoms with van der Waals surface area (Å²) < 4.78 is 30.7. The number of amides is 1. The first-order valence-electron chi connectivity index (χ1n) is 33.6. The molecule has 468 valence electrons. The highest BCUT2D eigenvalue weighted by Crippen LogP contribution is 2.43. The van der Waals surface area contributed by atoms with Gasteiger partial charge in [-0.05, 0) is 96.0 Å². The fourth-order valence-electron chi connectivity index (χ4n) is 9.37. The monoisotopic (exact) mass is 1150 g/mol. The fraction of sp³-hybridized carbons (Fsp3) is 0.746. The number of hydrogen-bond donors (Lipinski definition) is 2. The summed E-state index contributed by atoms with van der Waals surface area (Å²) in [4.78, 5) is 37.7. The van der Waals surface area contributed by atoms with Crippen LogP contribution in [0.25, 0.3) is 0 Å². The number of rotatable bonds is 60. The van der Waals surface area contributed by atoms with Crippen molar-refractivity contribution in [1.82, 2.24) is 5.32 Å². The number of esters is 1. The molecule has 0 bridgehead atoms. The summed E-state index contributed by atoms with van der Waals surface area (Å²) in [6.45, 7) is 6.85. The molecular formula is C71H128N2O7P+. The van der Waals surface area contributed by atoms with Crippen LogP contribution in [0.1, 0.15) is 290 Å². The molecule has 0 aromatic heterocycles. The molecule has 0 aliphatic carbocycles. The van der Waals surface area contributed by atoms with Gasteiger partial charge >= 0.3 is 13.8 Å². The van der Waals surface area contributed by atoms with Gasteiger partial charge in [-0.1, -0.05) is 279 Å². The molecule has 0 rings (SSSR count). The number of carbonyl (C=O) groups excluding carboxylic acids is 2. The lowest BCUT2D eigenvalue weighted by atomic mass is 10.0. The molecule has 0 saturated heterocycles. The second kappa shape index (κ2) is 60.1. The maximum Gasteiger partial charge on any atom is 0.472 e. The summed E-state index contributed by atoms with van der Waals surface area (Å²) in [5, 5.41) is 3.04. The van der Waals surface area contributed by atoms with Crippen LogP contribution in [-0.4, -0.2) is 74.3 Å². The van der Waals surface area contributed by atoms with Crippen molar-refractivity contribution >= 4 is 19.7 Å². The van der Waals surface area contributed by atoms with Crippen molar-refractivity contribution < 1.29 is 37.3 Å². The summed E-state index contributed by atoms with van der Waals surface area (Å²) in [5.74, 6) is -0.601. The number of unbranched alkanes of at least 4 members (excludes halogenated alkanes) is 30. The zero-order valence-electron chi connectivity index (χ0n) is 53.5. The minimum Gasteiger partial charge on any atom is -0.456 e. The van der Waals surface area contributed by atoms with Gasteiger partial charge in [-0.3, -0.25) is 18.6 Å². The smallest absolute Gasteiger partial charge is 0.456 e. The number of carbonyl (C=O) groups is 2. The first-order valence-corrected chi connectivity index (χ1v) is 35.1. The van der Waals surface area contributed by atoms with Gasteiger partial charge in [0.1, 0.15) is 19.3 Å². The fourth-order valence-corrected chi connectivity index (χ4v) is 10.1. The van der Waals surface area contributed by atoms with Crippen molar-refractivity contribution in [2.75, 3.05) is 40.9 Å². The summed E-state index contributed by atoms with van der Waals surface area (Å²) in [5.41, 5.74) is 0. The molecule has 2 N–H and O–H groups in total. The number of ether oxygens (including phenoxy) is 1. The van der Waals surface area contributed by atoms with E-state index in [0.717, 1.165) is 77.0 Å². The van der Waals surface area contributed by atoms with Crippen LogP contribution in [0.5, 0.6) is 0 Å². The van der Waals surface area contributed by atoms with Crippen LogP contribution in [0.2, 0.25) is 0 Å². The molecule has 10 heteroatoms. The van der Waals surface area contributed by atoms with E-state index >= 15 is 0 Å². The molecule has 0 aromatic rings. The van der Waals surface area contributed by atoms with E-state index in [2.05, 4.69) is 105 Å². The van der Waals surface area contributed by atoms with Crippen molar-refractivity contribution in [3.8, 4) is 0 Å². The van der Waals surface area contributed by atoms with Crippen LogP contribution < -0.4 is 5.32 Å². The zero-order valence-corrected chi connectivity index (χ0v) is 54.4. The minimum atomic E-state index is -4.47. The van der Waals surface area contributed by atoms with E-state index in [-0.39, 0.29) is 25.5 Å². The Labute approximate surface area is 500 Å². The van der Waals surface area contributed by atoms with Gasteiger partial charge < -0.3 is 19.4 Å². The highest BCUT2D eigenvalue weighted by molar-refractivity contribution is 7.47. The average molecular weight is 1150 g/mol. The number of phosphoric acid groups is 1. The number of nitrogens with zero attached hydrogens (tertiary/aromatic N) is 1. The van der Waals surface area contributed by atoms with Gasteiger partial charge in [-0.2, -0.15) is 0 Å². The molecule has 3 atom stereocenters. The van der Waals surface area contributed by atoms with Crippen molar-refractivity contribution in [1.29, 1.82) is 0 Å². The Balaban J connectivity index is 5.15. The van der Waals surface area contributed by atoms with E-state index in [4.69, 9.17) is 13.8 Å². The van der Waals surface area contributed by atoms with E-state index in [0.29, 0.717) is 23.9 Å². The Hall–Kier alpha value is -3.07. The number of likely N-dealkylation sites (N-methyl/N-ethyl adjacent to an activating group) is 1. The average Bonchev–Trinajstić information content (AvgIpc) is 3.44. The third kappa shape index (κ3) is 61.3. The van der Waals surface area contributed by atoms with Gasteiger partial charge in [0.05, 0.1) is 33.8 Å². The van der Waals surface area contributed by atoms with Gasteiger partial charge in [-0.25, -0.2) is 4.57 Å². The lowest BCUT2D eigenvalue weighted by Gasteiger charge is -2.27. The van der Waals surface area contributed by atoms with Gasteiger partial charge in [0, 0.05) is 12.8 Å². The van der Waals surface area contributed by atoms with Gasteiger partial charge in [-0.15, -0.1) is 0 Å². The molecule has 0 aromatic carbocycles. The number of quaternary nitrogens is 1. The Morgan fingerprint density at radius 2 is 0.802 bits per heavy atom. The molecule has 1 amide bonds. The Morgan fingerprint density at radius 3 is 1.21 bits per heavy atom. The van der Waals surface area contributed by atoms with Crippen LogP contribution in [0.4, 0.5) is 0 Å². The minimum absolute atomic E-state index is 0.0259. The lowest BCUT2D eigenvalue weighted by molar-refractivity contribution is -0.870. The lowest BCUT2D eigenvalue weighted by Crippen LogP contribution is -2.47. The molecular weight excluding hydrogens is 1020 g/mol. The SMILES string of the molecule is CC/C=C\C/C=C\C/C=C\C/C=C\C/C=C\C/C=C\CCC(=O)OC(/C=C\CCCCCCCCCCC)C(COP(=O)(O)OCC[N+](C)(C)C)NC(=O)CCCCCCCCCCCCCCCCC/C=C/CCCCCCCC. The maximum atomic E-state index is 13.6. The predicted molar refractivity (Wildman–Crippen MR) is 350 cm³/mol. The first kappa shape index (κ1) is 77.9. The quantitative estimate of drug-likeness (QED) is 0.0205. The van der Waals surface area contributed by atoms with E-state index in [1.54, 1.807) is 0 Å². The Morgan fingerprint density at radius 1 is 0.444 bits per heavy atom. The Bertz CT molecular complexity index is 1710. The van der Waals surface area contributed by atoms with Crippen molar-refractivity contribution in [2.24, 2.45) is 0 Å². The standard InChI is InChI=1S/C71H127N2O7P/c1-7-10-13-16-19-22-25-27-29-31-33-34-35-36-37-38-40-41-43-45-48-51-54-57-60-63-70(74)72-68(67-79-81(76,77)78-66-65-73(4,5)6)69(62-59-56-53-50-47-24-21-18-15-12-9-3)80-71(75)64-61-58-55-52-49-46-44-42-39-32-30-28-26-23-20-17-14-11-8-2/h11,14,20,23,27-30,39,42,46,49,55,58-59,62,68-69H,7-10,12-13,15-19,21-22,24-26,31-38,40-41,43-45,47-48,50-54,56-57,60-61,63-67H2,1-6H3,(H-,72,74,76,77)/p+1/b14-11-,23-20-,29-27+,30-28-,42-39-,49-46-,58-55-,62-59-. The van der Waals surface area contributed by atoms with Gasteiger partial charge in [0.2, 0.25) is 5.91 Å². The highest BCUT2D eigenvalue weighted by Gasteiger charge is 2.30. The van der Waals surface area contributed by atoms with Crippen LogP contribution >= 0.6 is 7.82 Å². The van der Waals surface area contributed by atoms with Gasteiger partial charge in [0.25, 0.3) is 0 Å². The largest absolute Gasteiger partial charge is 0.472 e. The summed E-state index contributed by atoms with van der Waals surface area (Å²) in [6, 6.07) is -0.883. The summed E-state index contributed by atoms with van der Waals surface area (Å²) in [7, 11) is 1.45. The Kier molecular flexibility index (Phi) is 57.8. The van der Waals surface area contributed by atoms with Crippen LogP contribution in [0, 0.1) is 0 Å².